The molecule has 4 heterocycles. The van der Waals surface area contributed by atoms with Gasteiger partial charge in [-0.15, -0.1) is 64.2 Å². The maximum absolute atomic E-state index is 6.30. The van der Waals surface area contributed by atoms with E-state index in [1.165, 1.54) is 44.5 Å². The van der Waals surface area contributed by atoms with Crippen molar-refractivity contribution in [3.05, 3.63) is 454 Å². The van der Waals surface area contributed by atoms with Crippen molar-refractivity contribution in [3.63, 3.8) is 0 Å². The van der Waals surface area contributed by atoms with E-state index in [9.17, 15) is 0 Å². The average molecular weight is 1880 g/mol. The molecule has 0 atom stereocenters. The number of benzene rings is 18. The minimum absolute atomic E-state index is 0.213. The van der Waals surface area contributed by atoms with Crippen molar-refractivity contribution < 1.29 is 0 Å². The number of hydrogen-bond donors (Lipinski definition) is 0. The van der Waals surface area contributed by atoms with Crippen LogP contribution in [0.3, 0.4) is 0 Å². The second kappa shape index (κ2) is 37.0. The molecule has 8 nitrogen and oxygen atoms in total. The van der Waals surface area contributed by atoms with Crippen LogP contribution in [0.1, 0.15) is 106 Å². The minimum atomic E-state index is -0.245. The van der Waals surface area contributed by atoms with Crippen LogP contribution in [0.25, 0.3) is 212 Å². The molecule has 2 aliphatic carbocycles. The first-order chi connectivity index (χ1) is 72.4. The molecule has 2 aliphatic rings. The first-order valence-electron chi connectivity index (χ1n) is 48.4. The Morgan fingerprint density at radius 1 is 0.176 bits per heavy atom. The SMILES string of the molecule is C#Cc1cccc(-c2cc(-c3ccc(-c4cccc(C#C)c4C#C)c(-c4cccc(C#C)c4C#C)c3)cc(-c3nc(-c4ccccc4)nc(-n4c5ccccc5c5cc6c(cc54)C(C)(C)c4ccccc4-6)n3)c2)c1C#C.C#Cc1cccc(-c2ccc(-c3cc(-c4ccccc4)cc(-c4nc(-c5ccccc5)nc(-n5c6ccccc6c6cc7c(cc65)C(C)(C)c5ccccc5-7)n4)c3)cc2-c2cccc(C#C)c2C#C)c1C#C. The van der Waals surface area contributed by atoms with Gasteiger partial charge in [0.15, 0.2) is 23.3 Å². The molecule has 8 heteroatoms. The van der Waals surface area contributed by atoms with Crippen molar-refractivity contribution >= 4 is 43.6 Å². The van der Waals surface area contributed by atoms with Gasteiger partial charge >= 0.3 is 0 Å². The van der Waals surface area contributed by atoms with Gasteiger partial charge in [-0.2, -0.15) is 19.9 Å². The van der Waals surface area contributed by atoms with Crippen LogP contribution in [0.5, 0.6) is 0 Å². The first-order valence-corrected chi connectivity index (χ1v) is 48.4. The van der Waals surface area contributed by atoms with E-state index in [0.29, 0.717) is 96.4 Å². The second-order valence-electron chi connectivity index (χ2n) is 37.7. The Morgan fingerprint density at radius 2 is 0.466 bits per heavy atom. The minimum Gasteiger partial charge on any atom is -0.278 e. The number of aromatic nitrogens is 8. The Hall–Kier alpha value is -20.8. The molecule has 0 spiro atoms. The van der Waals surface area contributed by atoms with Gasteiger partial charge in [0.05, 0.1) is 22.1 Å². The van der Waals surface area contributed by atoms with E-state index in [1.807, 2.05) is 158 Å². The van der Waals surface area contributed by atoms with Crippen LogP contribution in [0.2, 0.25) is 0 Å². The molecule has 148 heavy (non-hydrogen) atoms. The normalized spacial score (nSPS) is 12.0. The Labute approximate surface area is 861 Å². The van der Waals surface area contributed by atoms with Gasteiger partial charge < -0.3 is 0 Å². The van der Waals surface area contributed by atoms with E-state index in [0.717, 1.165) is 149 Å². The van der Waals surface area contributed by atoms with Crippen molar-refractivity contribution in [2.24, 2.45) is 0 Å². The highest BCUT2D eigenvalue weighted by atomic mass is 15.2. The lowest BCUT2D eigenvalue weighted by atomic mass is 9.82. The smallest absolute Gasteiger partial charge is 0.238 e. The summed E-state index contributed by atoms with van der Waals surface area (Å²) in [5.74, 6) is 31.4. The van der Waals surface area contributed by atoms with Crippen LogP contribution in [0, 0.1) is 123 Å². The molecule has 0 N–H and O–H groups in total. The molecule has 0 aliphatic heterocycles. The summed E-state index contributed by atoms with van der Waals surface area (Å²) in [5.41, 5.74) is 36.6. The third-order valence-electron chi connectivity index (χ3n) is 29.0. The summed E-state index contributed by atoms with van der Waals surface area (Å²) in [6.45, 7) is 9.22. The van der Waals surface area contributed by atoms with Crippen molar-refractivity contribution in [2.45, 2.75) is 38.5 Å². The summed E-state index contributed by atoms with van der Waals surface area (Å²) >= 11 is 0. The van der Waals surface area contributed by atoms with Gasteiger partial charge in [-0.1, -0.05) is 348 Å². The van der Waals surface area contributed by atoms with E-state index < -0.39 is 0 Å². The van der Waals surface area contributed by atoms with Crippen molar-refractivity contribution in [2.75, 3.05) is 0 Å². The highest BCUT2D eigenvalue weighted by Crippen LogP contribution is 2.55. The third kappa shape index (κ3) is 15.3. The molecule has 684 valence electrons. The van der Waals surface area contributed by atoms with Crippen LogP contribution in [0.15, 0.2) is 376 Å². The van der Waals surface area contributed by atoms with Crippen molar-refractivity contribution in [1.29, 1.82) is 0 Å². The van der Waals surface area contributed by atoms with E-state index in [1.54, 1.807) is 0 Å². The number of rotatable bonds is 14. The van der Waals surface area contributed by atoms with Crippen LogP contribution in [-0.2, 0) is 10.8 Å². The fraction of sp³-hybridized carbons (Fsp3) is 0.0429. The standard InChI is InChI=1S/C72H42N4.C68H42N4/c1-9-45-27-22-32-56(53(45)12-4)51-39-50(49-37-38-59(57-33-23-28-46(10-2)54(57)13-5)62(42-49)58-34-24-29-47(11-3)55(58)14-6)40-52(41-51)70-73-69(48-25-16-15-17-26-48)74-71(75-70)76-67-36-21-19-31-61(67)64-43-63-60-30-18-20-35-65(60)72(7,8)66(63)44-68(64)76;1-7-43-27-21-31-53(51(43)9-3)55-36-35-47(40-58(55)54-32-22-28-44(8-2)52(54)10-4)49-37-48(45-23-13-11-14-24-45)38-50(39-49)66-69-65(46-25-15-12-16-26-46)70-67(71-66)72-63-34-20-18-30-57(63)60-41-59-56-29-17-19-33-61(56)68(5,6)62(59)42-64(60)72/h1-6,15-44H,7-8H3;1-4,11-42H,5-6H3. The highest BCUT2D eigenvalue weighted by Gasteiger charge is 2.39. The molecule has 22 aromatic rings. The predicted octanol–water partition coefficient (Wildman–Crippen LogP) is 30.4. The Kier molecular flexibility index (Phi) is 22.7. The molecule has 0 amide bonds. The van der Waals surface area contributed by atoms with Crippen LogP contribution < -0.4 is 0 Å². The zero-order valence-electron chi connectivity index (χ0n) is 81.1. The van der Waals surface area contributed by atoms with E-state index in [2.05, 4.69) is 314 Å². The summed E-state index contributed by atoms with van der Waals surface area (Å²) in [7, 11) is 0. The van der Waals surface area contributed by atoms with Gasteiger partial charge in [-0.25, -0.2) is 9.97 Å². The van der Waals surface area contributed by atoms with Crippen LogP contribution in [-0.4, -0.2) is 39.0 Å². The summed E-state index contributed by atoms with van der Waals surface area (Å²) in [6.07, 6.45) is 61.5. The molecule has 0 radical (unpaired) electrons. The Morgan fingerprint density at radius 3 is 0.838 bits per heavy atom. The van der Waals surface area contributed by atoms with Gasteiger partial charge in [0, 0.05) is 110 Å². The van der Waals surface area contributed by atoms with Crippen LogP contribution in [0.4, 0.5) is 0 Å². The Bertz CT molecular complexity index is 9910. The molecule has 24 rings (SSSR count). The van der Waals surface area contributed by atoms with Crippen LogP contribution >= 0.6 is 0 Å². The monoisotopic (exact) mass is 1880 g/mol. The first kappa shape index (κ1) is 91.0. The lowest BCUT2D eigenvalue weighted by Gasteiger charge is -2.21. The zero-order chi connectivity index (χ0) is 101. The average Bonchev–Trinajstić information content (AvgIpc) is 1.55. The number of nitrogens with zero attached hydrogens (tertiary/aromatic N) is 8. The van der Waals surface area contributed by atoms with E-state index >= 15 is 0 Å². The molecule has 0 saturated carbocycles. The number of hydrogen-bond acceptors (Lipinski definition) is 6. The number of terminal acetylenes is 10. The Balaban J connectivity index is 0.000000163. The van der Waals surface area contributed by atoms with Gasteiger partial charge in [0.2, 0.25) is 11.9 Å². The summed E-state index contributed by atoms with van der Waals surface area (Å²) in [6, 6.07) is 128. The third-order valence-corrected chi connectivity index (χ3v) is 29.0. The second-order valence-corrected chi connectivity index (χ2v) is 37.7. The fourth-order valence-corrected chi connectivity index (χ4v) is 21.8. The lowest BCUT2D eigenvalue weighted by molar-refractivity contribution is 0.660. The largest absolute Gasteiger partial charge is 0.278 e. The molecular weight excluding hydrogens is 1790 g/mol. The van der Waals surface area contributed by atoms with Crippen molar-refractivity contribution in [1.82, 2.24) is 39.0 Å². The number of para-hydroxylation sites is 2. The van der Waals surface area contributed by atoms with Gasteiger partial charge in [0.25, 0.3) is 0 Å². The zero-order valence-corrected chi connectivity index (χ0v) is 81.1. The maximum atomic E-state index is 6.30. The number of fused-ring (bicyclic) bond motifs is 12. The lowest BCUT2D eigenvalue weighted by Crippen LogP contribution is -2.15. The summed E-state index contributed by atoms with van der Waals surface area (Å²) < 4.78 is 4.39. The van der Waals surface area contributed by atoms with Crippen molar-refractivity contribution in [3.8, 4) is 292 Å². The molecule has 18 aromatic carbocycles. The van der Waals surface area contributed by atoms with Gasteiger partial charge in [0.1, 0.15) is 0 Å². The molecule has 4 aromatic heterocycles. The van der Waals surface area contributed by atoms with E-state index in [-0.39, 0.29) is 10.8 Å². The van der Waals surface area contributed by atoms with E-state index in [4.69, 9.17) is 94.1 Å². The molecular formula is C140H84N8. The quantitative estimate of drug-likeness (QED) is 0.101. The van der Waals surface area contributed by atoms with Gasteiger partial charge in [-0.3, -0.25) is 9.13 Å². The maximum Gasteiger partial charge on any atom is 0.238 e. The molecule has 0 fully saturated rings. The predicted molar refractivity (Wildman–Crippen MR) is 608 cm³/mol. The topological polar surface area (TPSA) is 87.2 Å². The summed E-state index contributed by atoms with van der Waals surface area (Å²) in [5, 5.41) is 4.44. The molecule has 0 bridgehead atoms. The summed E-state index contributed by atoms with van der Waals surface area (Å²) in [4.78, 5) is 32.2. The fourth-order valence-electron chi connectivity index (χ4n) is 21.8. The van der Waals surface area contributed by atoms with Gasteiger partial charge in [-0.05, 0) is 249 Å². The highest BCUT2D eigenvalue weighted by molar-refractivity contribution is 6.13. The molecule has 0 saturated heterocycles. The molecule has 0 unspecified atom stereocenters.